The predicted molar refractivity (Wildman–Crippen MR) is 23.5 cm³/mol. The van der Waals surface area contributed by atoms with E-state index < -0.39 is 5.97 Å². The zero-order chi connectivity index (χ0) is 5.70. The number of nitrogens with zero attached hydrogens (tertiary/aromatic N) is 1. The number of hydrogen-bond acceptors (Lipinski definition) is 4. The summed E-state index contributed by atoms with van der Waals surface area (Å²) >= 11 is 0. The number of carboxylic acids is 1. The Hall–Kier alpha value is -0.100. The summed E-state index contributed by atoms with van der Waals surface area (Å²) in [4.78, 5) is 9.44. The van der Waals surface area contributed by atoms with Gasteiger partial charge < -0.3 is 20.6 Å². The molecule has 0 aromatic rings. The number of aliphatic carboxylic acids is 1. The molecule has 0 saturated heterocycles. The fraction of sp³-hybridized carbons (Fsp3) is 0.333. The third-order valence-electron chi connectivity index (χ3n) is 0.340. The summed E-state index contributed by atoms with van der Waals surface area (Å²) in [7, 11) is 0. The first-order valence-corrected chi connectivity index (χ1v) is 1.63. The van der Waals surface area contributed by atoms with E-state index in [0.717, 1.165) is 6.21 Å². The van der Waals surface area contributed by atoms with Crippen molar-refractivity contribution in [3.05, 3.63) is 0 Å². The van der Waals surface area contributed by atoms with Gasteiger partial charge in [0.2, 0.25) is 0 Å². The number of carbonyl (C=O) groups is 1. The summed E-state index contributed by atoms with van der Waals surface area (Å²) in [5.74, 6) is -1.25. The Balaban J connectivity index is -0.000000180. The van der Waals surface area contributed by atoms with Crippen LogP contribution in [0.1, 0.15) is 6.42 Å². The molecule has 0 aliphatic heterocycles. The third kappa shape index (κ3) is 18.1. The maximum atomic E-state index is 9.44. The smallest absolute Gasteiger partial charge is 0.550 e. The van der Waals surface area contributed by atoms with Crippen LogP contribution in [0, 0.1) is 0 Å². The van der Waals surface area contributed by atoms with Crippen LogP contribution in [0.4, 0.5) is 0 Å². The minimum atomic E-state index is -1.25. The van der Waals surface area contributed by atoms with Crippen molar-refractivity contribution in [1.82, 2.24) is 0 Å². The Morgan fingerprint density at radius 3 is 2.33 bits per heavy atom. The topological polar surface area (TPSA) is 104 Å². The second-order valence-corrected chi connectivity index (χ2v) is 0.874. The summed E-state index contributed by atoms with van der Waals surface area (Å²) in [6.07, 6.45) is 0.506. The van der Waals surface area contributed by atoms with Gasteiger partial charge in [-0.1, -0.05) is 0 Å². The van der Waals surface area contributed by atoms with Crippen molar-refractivity contribution >= 4 is 12.2 Å². The Morgan fingerprint density at radius 1 is 1.78 bits per heavy atom. The van der Waals surface area contributed by atoms with Crippen LogP contribution >= 0.6 is 0 Å². The van der Waals surface area contributed by atoms with Crippen molar-refractivity contribution < 1.29 is 50.1 Å². The largest absolute Gasteiger partial charge is 1.00 e. The third-order valence-corrected chi connectivity index (χ3v) is 0.340. The van der Waals surface area contributed by atoms with E-state index in [0.29, 0.717) is 0 Å². The van der Waals surface area contributed by atoms with Gasteiger partial charge in [0.1, 0.15) is 0 Å². The van der Waals surface area contributed by atoms with E-state index in [1.807, 2.05) is 0 Å². The molecule has 48 valence electrons. The second-order valence-electron chi connectivity index (χ2n) is 0.874. The molecule has 0 aromatic heterocycles. The first kappa shape index (κ1) is 16.0. The monoisotopic (exact) mass is 143 g/mol. The van der Waals surface area contributed by atoms with Gasteiger partial charge in [0.15, 0.2) is 0 Å². The molecule has 5 nitrogen and oxygen atoms in total. The Kier molecular flexibility index (Phi) is 19.2. The minimum Gasteiger partial charge on any atom is -0.550 e. The molecule has 0 bridgehead atoms. The van der Waals surface area contributed by atoms with E-state index in [-0.39, 0.29) is 41.5 Å². The van der Waals surface area contributed by atoms with E-state index >= 15 is 0 Å². The zero-order valence-electron chi connectivity index (χ0n) is 5.00. The average Bonchev–Trinajstić information content (AvgIpc) is 1.61. The van der Waals surface area contributed by atoms with Crippen LogP contribution in [-0.2, 0) is 4.79 Å². The van der Waals surface area contributed by atoms with Gasteiger partial charge in [0, 0.05) is 18.6 Å². The molecule has 0 rings (SSSR count). The Bertz CT molecular complexity index is 93.8. The number of rotatable bonds is 2. The van der Waals surface area contributed by atoms with E-state index in [1.54, 1.807) is 0 Å². The number of oxime groups is 1. The average molecular weight is 143 g/mol. The summed E-state index contributed by atoms with van der Waals surface area (Å²) in [5, 5.41) is 19.5. The molecule has 0 radical (unpaired) electrons. The summed E-state index contributed by atoms with van der Waals surface area (Å²) < 4.78 is 0. The number of hydrogen-bond donors (Lipinski definition) is 1. The van der Waals surface area contributed by atoms with Crippen molar-refractivity contribution in [3.8, 4) is 0 Å². The van der Waals surface area contributed by atoms with Crippen molar-refractivity contribution in [1.29, 1.82) is 0 Å². The first-order chi connectivity index (χ1) is 3.27. The van der Waals surface area contributed by atoms with Gasteiger partial charge in [-0.2, -0.15) is 0 Å². The molecule has 0 fully saturated rings. The maximum Gasteiger partial charge on any atom is 1.00 e. The molecule has 0 spiro atoms. The molecule has 0 unspecified atom stereocenters. The molecular formula is C3H6NNaO4. The number of carboxylic acid groups (broad SMARTS) is 1. The second kappa shape index (κ2) is 10.8. The van der Waals surface area contributed by atoms with Gasteiger partial charge in [-0.15, -0.1) is 5.16 Å². The molecule has 3 N–H and O–H groups in total. The molecule has 0 atom stereocenters. The molecule has 6 heteroatoms. The summed E-state index contributed by atoms with van der Waals surface area (Å²) in [5.41, 5.74) is 0. The molecule has 0 amide bonds. The molecule has 0 heterocycles. The summed E-state index contributed by atoms with van der Waals surface area (Å²) in [6.45, 7) is 0. The maximum absolute atomic E-state index is 9.44. The van der Waals surface area contributed by atoms with Crippen molar-refractivity contribution in [3.63, 3.8) is 0 Å². The van der Waals surface area contributed by atoms with E-state index in [1.165, 1.54) is 0 Å². The van der Waals surface area contributed by atoms with Gasteiger partial charge in [0.25, 0.3) is 0 Å². The van der Waals surface area contributed by atoms with Gasteiger partial charge in [-0.05, 0) is 0 Å². The quantitative estimate of drug-likeness (QED) is 0.181. The molecule has 0 aromatic carbocycles. The van der Waals surface area contributed by atoms with Crippen LogP contribution in [0.25, 0.3) is 0 Å². The van der Waals surface area contributed by atoms with Crippen LogP contribution in [-0.4, -0.2) is 22.9 Å². The first-order valence-electron chi connectivity index (χ1n) is 1.63. The van der Waals surface area contributed by atoms with E-state index in [2.05, 4.69) is 5.16 Å². The fourth-order valence-corrected chi connectivity index (χ4v) is 0.115. The molecule has 0 saturated carbocycles. The van der Waals surface area contributed by atoms with Crippen molar-refractivity contribution in [2.24, 2.45) is 5.16 Å². The van der Waals surface area contributed by atoms with Gasteiger partial charge in [-0.3, -0.25) is 0 Å². The Labute approximate surface area is 74.0 Å². The fourth-order valence-electron chi connectivity index (χ4n) is 0.115. The van der Waals surface area contributed by atoms with Crippen molar-refractivity contribution in [2.75, 3.05) is 0 Å². The SMILES string of the molecule is O.O=C([O-])CC=NO.[Na+]. The van der Waals surface area contributed by atoms with Gasteiger partial charge in [-0.25, -0.2) is 0 Å². The Morgan fingerprint density at radius 2 is 2.22 bits per heavy atom. The molecule has 0 aliphatic rings. The predicted octanol–water partition coefficient (Wildman–Crippen LogP) is -5.23. The summed E-state index contributed by atoms with van der Waals surface area (Å²) in [6, 6.07) is 0. The van der Waals surface area contributed by atoms with E-state index in [4.69, 9.17) is 5.21 Å². The molecule has 0 aliphatic carbocycles. The minimum absolute atomic E-state index is 0. The van der Waals surface area contributed by atoms with Crippen LogP contribution in [0.5, 0.6) is 0 Å². The van der Waals surface area contributed by atoms with Crippen molar-refractivity contribution in [2.45, 2.75) is 6.42 Å². The van der Waals surface area contributed by atoms with Crippen LogP contribution < -0.4 is 34.7 Å². The van der Waals surface area contributed by atoms with Crippen LogP contribution in [0.2, 0.25) is 0 Å². The van der Waals surface area contributed by atoms with E-state index in [9.17, 15) is 9.90 Å². The van der Waals surface area contributed by atoms with Gasteiger partial charge in [0.05, 0.1) is 0 Å². The number of carbonyl (C=O) groups excluding carboxylic acids is 1. The molecule has 9 heavy (non-hydrogen) atoms. The standard InChI is InChI=1S/C3H5NO3.Na.H2O/c5-3(6)1-2-4-7;;/h2,7H,1H2,(H,5,6);;1H2/q;+1;/p-1. The molecular weight excluding hydrogens is 137 g/mol. The van der Waals surface area contributed by atoms with Crippen LogP contribution in [0.15, 0.2) is 5.16 Å². The zero-order valence-corrected chi connectivity index (χ0v) is 7.00. The van der Waals surface area contributed by atoms with Gasteiger partial charge >= 0.3 is 29.6 Å². The van der Waals surface area contributed by atoms with Crippen LogP contribution in [0.3, 0.4) is 0 Å². The normalized spacial score (nSPS) is 7.56.